The van der Waals surface area contributed by atoms with E-state index in [2.05, 4.69) is 0 Å². The Hall–Kier alpha value is -1.35. The highest BCUT2D eigenvalue weighted by molar-refractivity contribution is 5.94. The van der Waals surface area contributed by atoms with Gasteiger partial charge in [-0.1, -0.05) is 17.7 Å². The summed E-state index contributed by atoms with van der Waals surface area (Å²) >= 11 is 0. The molecule has 0 fully saturated rings. The molecule has 0 aliphatic rings. The Balaban J connectivity index is 2.92. The summed E-state index contributed by atoms with van der Waals surface area (Å²) in [5.74, 6) is -0.0235. The van der Waals surface area contributed by atoms with E-state index in [-0.39, 0.29) is 11.9 Å². The molecule has 3 nitrogen and oxygen atoms in total. The molecule has 0 spiro atoms. The van der Waals surface area contributed by atoms with Gasteiger partial charge in [0.15, 0.2) is 0 Å². The number of hydrogen-bond donors (Lipinski definition) is 1. The lowest BCUT2D eigenvalue weighted by atomic mass is 10.1. The molecule has 94 valence electrons. The maximum absolute atomic E-state index is 12.3. The first-order valence-corrected chi connectivity index (χ1v) is 5.97. The first-order chi connectivity index (χ1) is 7.91. The van der Waals surface area contributed by atoms with Gasteiger partial charge in [0.1, 0.15) is 0 Å². The second kappa shape index (κ2) is 5.82. The average molecular weight is 235 g/mol. The zero-order valence-corrected chi connectivity index (χ0v) is 11.0. The van der Waals surface area contributed by atoms with Gasteiger partial charge in [-0.2, -0.15) is 0 Å². The van der Waals surface area contributed by atoms with Crippen molar-refractivity contribution in [2.24, 2.45) is 0 Å². The second-order valence-electron chi connectivity index (χ2n) is 4.77. The fourth-order valence-corrected chi connectivity index (χ4v) is 1.76. The molecule has 0 aromatic heterocycles. The van der Waals surface area contributed by atoms with Crippen LogP contribution in [-0.2, 0) is 0 Å². The Labute approximate surface area is 103 Å². The van der Waals surface area contributed by atoms with Crippen LogP contribution >= 0.6 is 0 Å². The summed E-state index contributed by atoms with van der Waals surface area (Å²) in [4.78, 5) is 14.0. The third-order valence-corrected chi connectivity index (χ3v) is 2.61. The number of hydrogen-bond acceptors (Lipinski definition) is 2. The molecule has 1 aromatic rings. The number of rotatable bonds is 4. The highest BCUT2D eigenvalue weighted by Gasteiger charge is 2.20. The number of aliphatic hydroxyl groups excluding tert-OH is 1. The second-order valence-corrected chi connectivity index (χ2v) is 4.77. The van der Waals surface area contributed by atoms with E-state index in [1.807, 2.05) is 45.0 Å². The van der Waals surface area contributed by atoms with Crippen molar-refractivity contribution in [2.75, 3.05) is 6.54 Å². The molecular weight excluding hydrogens is 214 g/mol. The van der Waals surface area contributed by atoms with Gasteiger partial charge in [0, 0.05) is 18.2 Å². The molecular formula is C14H21NO2. The lowest BCUT2D eigenvalue weighted by Crippen LogP contribution is -2.41. The van der Waals surface area contributed by atoms with E-state index in [9.17, 15) is 9.90 Å². The Morgan fingerprint density at radius 2 is 2.00 bits per heavy atom. The van der Waals surface area contributed by atoms with E-state index in [1.54, 1.807) is 11.8 Å². The van der Waals surface area contributed by atoms with E-state index >= 15 is 0 Å². The van der Waals surface area contributed by atoms with Gasteiger partial charge in [-0.3, -0.25) is 4.79 Å². The fourth-order valence-electron chi connectivity index (χ4n) is 1.76. The van der Waals surface area contributed by atoms with Crippen molar-refractivity contribution in [3.05, 3.63) is 35.4 Å². The van der Waals surface area contributed by atoms with Gasteiger partial charge in [0.2, 0.25) is 0 Å². The average Bonchev–Trinajstić information content (AvgIpc) is 2.24. The normalized spacial score (nSPS) is 12.6. The minimum Gasteiger partial charge on any atom is -0.392 e. The first kappa shape index (κ1) is 13.7. The van der Waals surface area contributed by atoms with Crippen LogP contribution < -0.4 is 0 Å². The summed E-state index contributed by atoms with van der Waals surface area (Å²) in [6, 6.07) is 7.61. The minimum absolute atomic E-state index is 0.0235. The molecule has 1 unspecified atom stereocenters. The number of aliphatic hydroxyl groups is 1. The van der Waals surface area contributed by atoms with Gasteiger partial charge < -0.3 is 10.0 Å². The molecule has 1 amide bonds. The van der Waals surface area contributed by atoms with Crippen molar-refractivity contribution in [3.63, 3.8) is 0 Å². The van der Waals surface area contributed by atoms with Gasteiger partial charge in [0.05, 0.1) is 6.10 Å². The summed E-state index contributed by atoms with van der Waals surface area (Å²) in [5.41, 5.74) is 1.75. The van der Waals surface area contributed by atoms with Crippen molar-refractivity contribution < 1.29 is 9.90 Å². The molecule has 0 aliphatic carbocycles. The number of carbonyl (C=O) groups excluding carboxylic acids is 1. The maximum Gasteiger partial charge on any atom is 0.254 e. The summed E-state index contributed by atoms with van der Waals surface area (Å²) in [7, 11) is 0. The van der Waals surface area contributed by atoms with E-state index < -0.39 is 6.10 Å². The third kappa shape index (κ3) is 3.86. The molecule has 17 heavy (non-hydrogen) atoms. The summed E-state index contributed by atoms with van der Waals surface area (Å²) in [5, 5.41) is 9.43. The predicted octanol–water partition coefficient (Wildman–Crippen LogP) is 2.23. The van der Waals surface area contributed by atoms with Crippen molar-refractivity contribution in [1.82, 2.24) is 4.90 Å². The van der Waals surface area contributed by atoms with Crippen molar-refractivity contribution in [1.29, 1.82) is 0 Å². The Bertz CT molecular complexity index is 386. The molecule has 0 bridgehead atoms. The quantitative estimate of drug-likeness (QED) is 0.869. The topological polar surface area (TPSA) is 40.5 Å². The van der Waals surface area contributed by atoms with Crippen LogP contribution in [0.2, 0.25) is 0 Å². The number of benzene rings is 1. The first-order valence-electron chi connectivity index (χ1n) is 5.97. The molecule has 0 saturated heterocycles. The van der Waals surface area contributed by atoms with Gasteiger partial charge in [-0.25, -0.2) is 0 Å². The highest BCUT2D eigenvalue weighted by Crippen LogP contribution is 2.11. The maximum atomic E-state index is 12.3. The van der Waals surface area contributed by atoms with Gasteiger partial charge in [-0.05, 0) is 39.8 Å². The van der Waals surface area contributed by atoms with Crippen molar-refractivity contribution in [3.8, 4) is 0 Å². The van der Waals surface area contributed by atoms with Crippen LogP contribution in [0.25, 0.3) is 0 Å². The Morgan fingerprint density at radius 3 is 2.47 bits per heavy atom. The zero-order valence-electron chi connectivity index (χ0n) is 11.0. The Kier molecular flexibility index (Phi) is 4.70. The van der Waals surface area contributed by atoms with Crippen LogP contribution in [0.3, 0.4) is 0 Å². The number of amides is 1. The highest BCUT2D eigenvalue weighted by atomic mass is 16.3. The molecule has 1 rings (SSSR count). The summed E-state index contributed by atoms with van der Waals surface area (Å²) in [6.45, 7) is 7.93. The lowest BCUT2D eigenvalue weighted by Gasteiger charge is -2.28. The summed E-state index contributed by atoms with van der Waals surface area (Å²) < 4.78 is 0. The fraction of sp³-hybridized carbons (Fsp3) is 0.500. The van der Waals surface area contributed by atoms with Crippen LogP contribution in [0, 0.1) is 6.92 Å². The van der Waals surface area contributed by atoms with E-state index in [4.69, 9.17) is 0 Å². The van der Waals surface area contributed by atoms with E-state index in [0.29, 0.717) is 12.1 Å². The molecule has 3 heteroatoms. The number of carbonyl (C=O) groups is 1. The molecule has 0 aliphatic heterocycles. The minimum atomic E-state index is -0.508. The predicted molar refractivity (Wildman–Crippen MR) is 69.0 cm³/mol. The van der Waals surface area contributed by atoms with E-state index in [1.165, 1.54) is 0 Å². The van der Waals surface area contributed by atoms with Gasteiger partial charge in [-0.15, -0.1) is 0 Å². The van der Waals surface area contributed by atoms with E-state index in [0.717, 1.165) is 5.56 Å². The smallest absolute Gasteiger partial charge is 0.254 e. The van der Waals surface area contributed by atoms with Gasteiger partial charge in [0.25, 0.3) is 5.91 Å². The van der Waals surface area contributed by atoms with Crippen LogP contribution in [0.15, 0.2) is 24.3 Å². The lowest BCUT2D eigenvalue weighted by molar-refractivity contribution is 0.0578. The molecule has 1 aromatic carbocycles. The number of nitrogens with zero attached hydrogens (tertiary/aromatic N) is 1. The molecule has 1 N–H and O–H groups in total. The standard InChI is InChI=1S/C14H21NO2/c1-10(2)15(9-12(4)16)14(17)13-7-5-6-11(3)8-13/h5-8,10,12,16H,9H2,1-4H3. The zero-order chi connectivity index (χ0) is 13.0. The van der Waals surface area contributed by atoms with Crippen LogP contribution in [0.5, 0.6) is 0 Å². The molecule has 0 saturated carbocycles. The SMILES string of the molecule is Cc1cccc(C(=O)N(CC(C)O)C(C)C)c1. The molecule has 0 radical (unpaired) electrons. The van der Waals surface area contributed by atoms with Crippen LogP contribution in [-0.4, -0.2) is 34.6 Å². The number of aryl methyl sites for hydroxylation is 1. The monoisotopic (exact) mass is 235 g/mol. The summed E-state index contributed by atoms with van der Waals surface area (Å²) in [6.07, 6.45) is -0.508. The van der Waals surface area contributed by atoms with Gasteiger partial charge >= 0.3 is 0 Å². The Morgan fingerprint density at radius 1 is 1.35 bits per heavy atom. The van der Waals surface area contributed by atoms with Crippen LogP contribution in [0.1, 0.15) is 36.7 Å². The van der Waals surface area contributed by atoms with Crippen LogP contribution in [0.4, 0.5) is 0 Å². The molecule has 1 atom stereocenters. The largest absolute Gasteiger partial charge is 0.392 e. The molecule has 0 heterocycles. The van der Waals surface area contributed by atoms with Crippen molar-refractivity contribution >= 4 is 5.91 Å². The van der Waals surface area contributed by atoms with Crippen molar-refractivity contribution in [2.45, 2.75) is 39.8 Å². The third-order valence-electron chi connectivity index (χ3n) is 2.61.